The minimum Gasteiger partial charge on any atom is -0.468 e. The molecule has 1 aromatic carbocycles. The van der Waals surface area contributed by atoms with Gasteiger partial charge in [-0.1, -0.05) is 18.2 Å². The van der Waals surface area contributed by atoms with Crippen molar-refractivity contribution in [2.24, 2.45) is 0 Å². The fourth-order valence-electron chi connectivity index (χ4n) is 0.670. The third-order valence-corrected chi connectivity index (χ3v) is 2.31. The summed E-state index contributed by atoms with van der Waals surface area (Å²) in [7, 11) is -1.99. The second-order valence-corrected chi connectivity index (χ2v) is 5.91. The third kappa shape index (κ3) is 3.97. The minimum atomic E-state index is -1.99. The Bertz CT molecular complexity index is 218. The molecule has 1 rings (SSSR count). The van der Waals surface area contributed by atoms with Crippen LogP contribution in [0.2, 0.25) is 0 Å². The van der Waals surface area contributed by atoms with E-state index in [1.54, 1.807) is 0 Å². The Morgan fingerprint density at radius 2 is 1.83 bits per heavy atom. The van der Waals surface area contributed by atoms with Gasteiger partial charge in [0, 0.05) is 0 Å². The molecule has 2 nitrogen and oxygen atoms in total. The molecule has 0 fully saturated rings. The van der Waals surface area contributed by atoms with Crippen molar-refractivity contribution in [3.63, 3.8) is 0 Å². The van der Waals surface area contributed by atoms with Crippen LogP contribution in [0.25, 0.3) is 0 Å². The van der Waals surface area contributed by atoms with Gasteiger partial charge in [0.25, 0.3) is 0 Å². The van der Waals surface area contributed by atoms with Crippen LogP contribution in [0.4, 0.5) is 0 Å². The van der Waals surface area contributed by atoms with Crippen LogP contribution in [0.3, 0.4) is 0 Å². The van der Waals surface area contributed by atoms with Gasteiger partial charge in [0.2, 0.25) is 0 Å². The largest absolute Gasteiger partial charge is 0.468 e. The van der Waals surface area contributed by atoms with Gasteiger partial charge in [-0.05, 0) is 12.1 Å². The monoisotopic (exact) mass is 222 g/mol. The molecule has 0 saturated heterocycles. The Morgan fingerprint density at radius 3 is 2.42 bits per heavy atom. The average Bonchev–Trinajstić information content (AvgIpc) is 2.05. The van der Waals surface area contributed by atoms with Gasteiger partial charge in [-0.25, -0.2) is 0 Å². The Morgan fingerprint density at radius 1 is 1.17 bits per heavy atom. The summed E-state index contributed by atoms with van der Waals surface area (Å²) in [6.07, 6.45) is 0. The van der Waals surface area contributed by atoms with Crippen LogP contribution in [-0.2, 0) is 4.43 Å². The van der Waals surface area contributed by atoms with Crippen molar-refractivity contribution in [2.45, 2.75) is 0 Å². The van der Waals surface area contributed by atoms with E-state index >= 15 is 0 Å². The molecule has 0 saturated carbocycles. The molecule has 12 heavy (non-hydrogen) atoms. The maximum Gasteiger partial charge on any atom is 0.375 e. The van der Waals surface area contributed by atoms with Crippen LogP contribution in [0, 0.1) is 0 Å². The van der Waals surface area contributed by atoms with Gasteiger partial charge in [0.15, 0.2) is 6.79 Å². The fraction of sp³-hybridized carbons (Fsp3) is 0.143. The molecule has 0 bridgehead atoms. The van der Waals surface area contributed by atoms with E-state index in [0.717, 1.165) is 5.75 Å². The van der Waals surface area contributed by atoms with Crippen molar-refractivity contribution < 1.29 is 9.16 Å². The molecule has 0 unspecified atom stereocenters. The molecular formula is C7H8Cl2O2Si. The van der Waals surface area contributed by atoms with Crippen molar-refractivity contribution in [1.82, 2.24) is 0 Å². The van der Waals surface area contributed by atoms with Gasteiger partial charge < -0.3 is 9.16 Å². The molecule has 0 heterocycles. The van der Waals surface area contributed by atoms with Crippen LogP contribution in [0.1, 0.15) is 0 Å². The normalized spacial score (nSPS) is 10.2. The average molecular weight is 223 g/mol. The lowest BCUT2D eigenvalue weighted by Crippen LogP contribution is -2.08. The van der Waals surface area contributed by atoms with Crippen LogP contribution in [0.5, 0.6) is 5.75 Å². The maximum absolute atomic E-state index is 5.45. The zero-order chi connectivity index (χ0) is 8.81. The molecule has 0 aliphatic heterocycles. The highest BCUT2D eigenvalue weighted by Gasteiger charge is 2.00. The van der Waals surface area contributed by atoms with Crippen LogP contribution < -0.4 is 4.74 Å². The molecule has 0 atom stereocenters. The van der Waals surface area contributed by atoms with Gasteiger partial charge in [-0.2, -0.15) is 0 Å². The van der Waals surface area contributed by atoms with Crippen molar-refractivity contribution >= 4 is 29.8 Å². The van der Waals surface area contributed by atoms with E-state index in [9.17, 15) is 0 Å². The number of rotatable bonds is 4. The lowest BCUT2D eigenvalue weighted by Gasteiger charge is -2.05. The number of hydrogen-bond donors (Lipinski definition) is 0. The zero-order valence-corrected chi connectivity index (χ0v) is 8.91. The highest BCUT2D eigenvalue weighted by molar-refractivity contribution is 7.30. The second-order valence-electron chi connectivity index (χ2n) is 2.00. The van der Waals surface area contributed by atoms with Gasteiger partial charge in [-0.3, -0.25) is 0 Å². The summed E-state index contributed by atoms with van der Waals surface area (Å²) in [4.78, 5) is 0. The van der Waals surface area contributed by atoms with E-state index in [4.69, 9.17) is 31.3 Å². The summed E-state index contributed by atoms with van der Waals surface area (Å²) < 4.78 is 10.1. The lowest BCUT2D eigenvalue weighted by atomic mass is 10.3. The van der Waals surface area contributed by atoms with Crippen molar-refractivity contribution in [1.29, 1.82) is 0 Å². The number of ether oxygens (including phenoxy) is 1. The van der Waals surface area contributed by atoms with Gasteiger partial charge in [0.05, 0.1) is 0 Å². The first-order valence-electron chi connectivity index (χ1n) is 3.36. The van der Waals surface area contributed by atoms with E-state index in [2.05, 4.69) is 0 Å². The van der Waals surface area contributed by atoms with Crippen LogP contribution in [0.15, 0.2) is 30.3 Å². The molecule has 0 amide bonds. The summed E-state index contributed by atoms with van der Waals surface area (Å²) in [6.45, 7) is 0.119. The van der Waals surface area contributed by atoms with Gasteiger partial charge in [0.1, 0.15) is 5.75 Å². The molecule has 0 aliphatic carbocycles. The predicted octanol–water partition coefficient (Wildman–Crippen LogP) is 2.23. The number of halogens is 2. The standard InChI is InChI=1S/C7H8Cl2O2Si/c8-12(9)11-6-10-7-4-2-1-3-5-7/h1-5,12H,6H2. The van der Waals surface area contributed by atoms with E-state index < -0.39 is 7.66 Å². The third-order valence-electron chi connectivity index (χ3n) is 1.16. The Kier molecular flexibility index (Phi) is 4.46. The first-order valence-corrected chi connectivity index (χ1v) is 7.33. The Hall–Kier alpha value is -0.223. The summed E-state index contributed by atoms with van der Waals surface area (Å²) in [6, 6.07) is 9.34. The van der Waals surface area contributed by atoms with Crippen molar-refractivity contribution in [3.05, 3.63) is 30.3 Å². The molecule has 66 valence electrons. The summed E-state index contributed by atoms with van der Waals surface area (Å²) in [5, 5.41) is 0. The molecule has 0 radical (unpaired) electrons. The molecule has 0 N–H and O–H groups in total. The summed E-state index contributed by atoms with van der Waals surface area (Å²) >= 11 is 10.9. The number of para-hydroxylation sites is 1. The van der Waals surface area contributed by atoms with E-state index in [1.165, 1.54) is 0 Å². The van der Waals surface area contributed by atoms with E-state index in [1.807, 2.05) is 30.3 Å². The predicted molar refractivity (Wildman–Crippen MR) is 51.9 cm³/mol. The fourth-order valence-corrected chi connectivity index (χ4v) is 1.15. The number of benzene rings is 1. The molecule has 0 aliphatic rings. The number of hydrogen-bond acceptors (Lipinski definition) is 2. The summed E-state index contributed by atoms with van der Waals surface area (Å²) in [5.74, 6) is 0.750. The van der Waals surface area contributed by atoms with Crippen molar-refractivity contribution in [2.75, 3.05) is 6.79 Å². The minimum absolute atomic E-state index is 0.119. The summed E-state index contributed by atoms with van der Waals surface area (Å²) in [5.41, 5.74) is 0. The van der Waals surface area contributed by atoms with Gasteiger partial charge in [-0.15, -0.1) is 22.2 Å². The molecule has 5 heteroatoms. The first kappa shape index (κ1) is 9.86. The van der Waals surface area contributed by atoms with E-state index in [0.29, 0.717) is 0 Å². The SMILES string of the molecule is Cl[SiH](Cl)OCOc1ccccc1. The Labute approximate surface area is 82.1 Å². The molecule has 1 aromatic rings. The molecular weight excluding hydrogens is 215 g/mol. The van der Waals surface area contributed by atoms with Crippen LogP contribution in [-0.4, -0.2) is 14.5 Å². The van der Waals surface area contributed by atoms with Crippen molar-refractivity contribution in [3.8, 4) is 5.75 Å². The highest BCUT2D eigenvalue weighted by Crippen LogP contribution is 2.08. The smallest absolute Gasteiger partial charge is 0.375 e. The van der Waals surface area contributed by atoms with E-state index in [-0.39, 0.29) is 6.79 Å². The van der Waals surface area contributed by atoms with Gasteiger partial charge >= 0.3 is 7.66 Å². The van der Waals surface area contributed by atoms with Crippen LogP contribution >= 0.6 is 22.2 Å². The molecule has 0 aromatic heterocycles. The lowest BCUT2D eigenvalue weighted by molar-refractivity contribution is 0.126. The zero-order valence-electron chi connectivity index (χ0n) is 6.24. The quantitative estimate of drug-likeness (QED) is 0.442. The second kappa shape index (κ2) is 5.43. The highest BCUT2D eigenvalue weighted by atomic mass is 35.7. The maximum atomic E-state index is 5.45. The topological polar surface area (TPSA) is 18.5 Å². The molecule has 0 spiro atoms. The first-order chi connectivity index (χ1) is 5.79. The Balaban J connectivity index is 2.25.